The predicted molar refractivity (Wildman–Crippen MR) is 197 cm³/mol. The van der Waals surface area contributed by atoms with Gasteiger partial charge in [-0.05, 0) is 30.3 Å². The first-order valence-electron chi connectivity index (χ1n) is 16.3. The Labute approximate surface area is 280 Å². The average molecular weight is 630 g/mol. The fourth-order valence-electron chi connectivity index (χ4n) is 6.93. The van der Waals surface area contributed by atoms with Crippen molar-refractivity contribution in [3.05, 3.63) is 158 Å². The van der Waals surface area contributed by atoms with Gasteiger partial charge in [-0.15, -0.1) is 0 Å². The molecule has 0 aliphatic rings. The Hall–Kier alpha value is -6.86. The molecular weight excluding hydrogens is 603 g/mol. The lowest BCUT2D eigenvalue weighted by molar-refractivity contribution is 0.953. The van der Waals surface area contributed by atoms with Crippen LogP contribution in [0.1, 0.15) is 0 Å². The number of aromatic amines is 1. The average Bonchev–Trinajstić information content (AvgIpc) is 3.84. The number of hydrogen-bond acceptors (Lipinski definition) is 4. The van der Waals surface area contributed by atoms with Gasteiger partial charge in [0.1, 0.15) is 0 Å². The Kier molecular flexibility index (Phi) is 6.04. The van der Waals surface area contributed by atoms with Gasteiger partial charge in [0.25, 0.3) is 0 Å². The maximum Gasteiger partial charge on any atom is 0.238 e. The van der Waals surface area contributed by atoms with E-state index in [1.807, 2.05) is 72.8 Å². The summed E-state index contributed by atoms with van der Waals surface area (Å²) in [5, 5.41) is 2.22. The van der Waals surface area contributed by atoms with Crippen LogP contribution in [0, 0.1) is 0 Å². The lowest BCUT2D eigenvalue weighted by atomic mass is 10.0. The SMILES string of the molecule is c1ccc(-c2nc(-c3ccccc3)nc(-n3c4ccccc4c4cc(-c5c(-c6ccccc6)nc6[nH]c7ccccc7n56)ccc43)n2)cc1. The number of benzene rings is 6. The number of para-hydroxylation sites is 3. The molecule has 0 aliphatic carbocycles. The molecule has 49 heavy (non-hydrogen) atoms. The van der Waals surface area contributed by atoms with E-state index in [1.165, 1.54) is 0 Å². The van der Waals surface area contributed by atoms with Crippen molar-refractivity contribution in [2.24, 2.45) is 0 Å². The van der Waals surface area contributed by atoms with Crippen LogP contribution in [0.5, 0.6) is 0 Å². The van der Waals surface area contributed by atoms with Crippen LogP contribution in [0.2, 0.25) is 0 Å². The van der Waals surface area contributed by atoms with E-state index in [9.17, 15) is 0 Å². The quantitative estimate of drug-likeness (QED) is 0.206. The molecule has 0 saturated carbocycles. The van der Waals surface area contributed by atoms with Crippen LogP contribution in [0.15, 0.2) is 158 Å². The van der Waals surface area contributed by atoms with Gasteiger partial charge in [-0.25, -0.2) is 9.97 Å². The van der Waals surface area contributed by atoms with Gasteiger partial charge in [0.15, 0.2) is 11.6 Å². The molecule has 0 bridgehead atoms. The highest BCUT2D eigenvalue weighted by Crippen LogP contribution is 2.39. The zero-order valence-corrected chi connectivity index (χ0v) is 26.2. The molecule has 1 N–H and O–H groups in total. The zero-order chi connectivity index (χ0) is 32.3. The molecule has 7 heteroatoms. The van der Waals surface area contributed by atoms with Crippen LogP contribution >= 0.6 is 0 Å². The van der Waals surface area contributed by atoms with Gasteiger partial charge >= 0.3 is 0 Å². The first-order valence-corrected chi connectivity index (χ1v) is 16.3. The van der Waals surface area contributed by atoms with Gasteiger partial charge < -0.3 is 4.98 Å². The van der Waals surface area contributed by atoms with E-state index >= 15 is 0 Å². The molecule has 10 aromatic rings. The van der Waals surface area contributed by atoms with E-state index in [0.29, 0.717) is 17.6 Å². The van der Waals surface area contributed by atoms with Gasteiger partial charge in [0.05, 0.1) is 33.5 Å². The molecule has 10 rings (SSSR count). The second-order valence-corrected chi connectivity index (χ2v) is 12.1. The summed E-state index contributed by atoms with van der Waals surface area (Å²) in [5.74, 6) is 2.63. The minimum absolute atomic E-state index is 0.569. The summed E-state index contributed by atoms with van der Waals surface area (Å²) in [4.78, 5) is 23.8. The van der Waals surface area contributed by atoms with Crippen LogP contribution in [0.3, 0.4) is 0 Å². The van der Waals surface area contributed by atoms with Gasteiger partial charge in [0.2, 0.25) is 11.7 Å². The van der Waals surface area contributed by atoms with Gasteiger partial charge in [-0.3, -0.25) is 8.97 Å². The summed E-state index contributed by atoms with van der Waals surface area (Å²) < 4.78 is 4.40. The highest BCUT2D eigenvalue weighted by atomic mass is 15.2. The third-order valence-electron chi connectivity index (χ3n) is 9.15. The Balaban J connectivity index is 1.25. The molecule has 0 atom stereocenters. The van der Waals surface area contributed by atoms with Gasteiger partial charge in [0, 0.05) is 33.0 Å². The Bertz CT molecular complexity index is 2760. The largest absolute Gasteiger partial charge is 0.323 e. The standard InChI is InChI=1S/C42H27N7/c1-4-14-27(15-5-1)37-38(49-36-23-13-11-21-33(36)43-41(49)44-37)30-24-25-35-32(26-30)31-20-10-12-22-34(31)48(35)42-46-39(28-16-6-2-7-17-28)45-40(47-42)29-18-8-3-9-19-29/h1-26H,(H,43,44). The van der Waals surface area contributed by atoms with E-state index in [-0.39, 0.29) is 0 Å². The molecule has 7 nitrogen and oxygen atoms in total. The molecule has 0 amide bonds. The van der Waals surface area contributed by atoms with Crippen molar-refractivity contribution in [3.63, 3.8) is 0 Å². The van der Waals surface area contributed by atoms with Crippen molar-refractivity contribution in [3.8, 4) is 51.2 Å². The van der Waals surface area contributed by atoms with Crippen molar-refractivity contribution < 1.29 is 0 Å². The predicted octanol–water partition coefficient (Wildman–Crippen LogP) is 9.77. The third kappa shape index (κ3) is 4.37. The third-order valence-corrected chi connectivity index (χ3v) is 9.15. The lowest BCUT2D eigenvalue weighted by Gasteiger charge is -2.11. The van der Waals surface area contributed by atoms with Crippen molar-refractivity contribution >= 4 is 38.6 Å². The smallest absolute Gasteiger partial charge is 0.238 e. The van der Waals surface area contributed by atoms with Crippen molar-refractivity contribution in [1.82, 2.24) is 33.9 Å². The fraction of sp³-hybridized carbons (Fsp3) is 0. The number of H-pyrrole nitrogens is 1. The summed E-state index contributed by atoms with van der Waals surface area (Å²) in [6.45, 7) is 0. The first kappa shape index (κ1) is 27.3. The van der Waals surface area contributed by atoms with Crippen molar-refractivity contribution in [2.75, 3.05) is 0 Å². The molecule has 230 valence electrons. The number of hydrogen-bond donors (Lipinski definition) is 1. The normalized spacial score (nSPS) is 11.7. The minimum Gasteiger partial charge on any atom is -0.323 e. The number of rotatable bonds is 5. The first-order chi connectivity index (χ1) is 24.3. The molecule has 0 fully saturated rings. The minimum atomic E-state index is 0.569. The summed E-state index contributed by atoms with van der Waals surface area (Å²) in [6, 6.07) is 54.0. The van der Waals surface area contributed by atoms with Gasteiger partial charge in [-0.1, -0.05) is 127 Å². The van der Waals surface area contributed by atoms with Crippen molar-refractivity contribution in [1.29, 1.82) is 0 Å². The topological polar surface area (TPSA) is 76.7 Å². The van der Waals surface area contributed by atoms with E-state index in [2.05, 4.69) is 98.9 Å². The summed E-state index contributed by atoms with van der Waals surface area (Å²) >= 11 is 0. The Morgan fingerprint density at radius 2 is 1.00 bits per heavy atom. The molecule has 0 saturated heterocycles. The molecule has 0 aliphatic heterocycles. The van der Waals surface area contributed by atoms with Crippen LogP contribution in [-0.2, 0) is 0 Å². The number of aromatic nitrogens is 7. The second kappa shape index (κ2) is 10.9. The Morgan fingerprint density at radius 3 is 1.69 bits per heavy atom. The summed E-state index contributed by atoms with van der Waals surface area (Å²) in [7, 11) is 0. The monoisotopic (exact) mass is 629 g/mol. The molecule has 0 spiro atoms. The molecule has 4 heterocycles. The van der Waals surface area contributed by atoms with E-state index in [4.69, 9.17) is 19.9 Å². The van der Waals surface area contributed by atoms with E-state index < -0.39 is 0 Å². The van der Waals surface area contributed by atoms with E-state index in [1.54, 1.807) is 0 Å². The van der Waals surface area contributed by atoms with Crippen molar-refractivity contribution in [2.45, 2.75) is 0 Å². The molecule has 0 radical (unpaired) electrons. The fourth-order valence-corrected chi connectivity index (χ4v) is 6.93. The van der Waals surface area contributed by atoms with E-state index in [0.717, 1.165) is 72.3 Å². The number of nitrogens with one attached hydrogen (secondary N) is 1. The molecule has 6 aromatic carbocycles. The number of fused-ring (bicyclic) bond motifs is 6. The van der Waals surface area contributed by atoms with Crippen LogP contribution in [0.4, 0.5) is 0 Å². The summed E-state index contributed by atoms with van der Waals surface area (Å²) in [6.07, 6.45) is 0. The second-order valence-electron chi connectivity index (χ2n) is 12.1. The molecule has 4 aromatic heterocycles. The summed E-state index contributed by atoms with van der Waals surface area (Å²) in [5.41, 5.74) is 10.1. The number of nitrogens with zero attached hydrogens (tertiary/aromatic N) is 6. The Morgan fingerprint density at radius 1 is 0.429 bits per heavy atom. The molecular formula is C42H27N7. The zero-order valence-electron chi connectivity index (χ0n) is 26.2. The van der Waals surface area contributed by atoms with Gasteiger partial charge in [-0.2, -0.15) is 9.97 Å². The lowest BCUT2D eigenvalue weighted by Crippen LogP contribution is -2.06. The highest BCUT2D eigenvalue weighted by Gasteiger charge is 2.22. The maximum absolute atomic E-state index is 5.14. The van der Waals surface area contributed by atoms with Crippen LogP contribution in [0.25, 0.3) is 89.9 Å². The van der Waals surface area contributed by atoms with Crippen LogP contribution in [-0.4, -0.2) is 33.9 Å². The van der Waals surface area contributed by atoms with Crippen LogP contribution < -0.4 is 0 Å². The molecule has 0 unspecified atom stereocenters. The number of imidazole rings is 2. The highest BCUT2D eigenvalue weighted by molar-refractivity contribution is 6.10. The maximum atomic E-state index is 5.14.